The molecule has 0 N–H and O–H groups in total. The molecule has 4 heteroatoms. The highest BCUT2D eigenvalue weighted by Gasteiger charge is 2.25. The van der Waals surface area contributed by atoms with Gasteiger partial charge in [-0.05, 0) is 31.1 Å². The van der Waals surface area contributed by atoms with Gasteiger partial charge in [-0.2, -0.15) is 0 Å². The molecule has 3 unspecified atom stereocenters. The van der Waals surface area contributed by atoms with E-state index in [4.69, 9.17) is 4.98 Å². The van der Waals surface area contributed by atoms with Gasteiger partial charge in [-0.1, -0.05) is 44.9 Å². The molecule has 0 amide bonds. The lowest BCUT2D eigenvalue weighted by Crippen LogP contribution is -2.35. The minimum Gasteiger partial charge on any atom is -0.348 e. The molecule has 1 fully saturated rings. The summed E-state index contributed by atoms with van der Waals surface area (Å²) < 4.78 is 0. The van der Waals surface area contributed by atoms with Gasteiger partial charge in [0.15, 0.2) is 11.4 Å². The highest BCUT2D eigenvalue weighted by Crippen LogP contribution is 2.34. The maximum absolute atomic E-state index is 11.3. The molecule has 1 aromatic heterocycles. The SMILES string of the molecule is CCC(C)c1nc(N(C)C2CCCC(C)C2)sc1C=O. The summed E-state index contributed by atoms with van der Waals surface area (Å²) in [5.74, 6) is 1.16. The molecule has 1 heterocycles. The standard InChI is InChI=1S/C16H26N2OS/c1-5-12(3)15-14(10-19)20-16(17-15)18(4)13-8-6-7-11(2)9-13/h10-13H,5-9H2,1-4H3. The summed E-state index contributed by atoms with van der Waals surface area (Å²) in [4.78, 5) is 19.1. The fraction of sp³-hybridized carbons (Fsp3) is 0.750. The van der Waals surface area contributed by atoms with Crippen LogP contribution in [-0.2, 0) is 0 Å². The molecule has 1 saturated carbocycles. The first-order valence-corrected chi connectivity index (χ1v) is 8.57. The van der Waals surface area contributed by atoms with E-state index < -0.39 is 0 Å². The number of thiazole rings is 1. The fourth-order valence-electron chi connectivity index (χ4n) is 3.02. The third-order valence-electron chi connectivity index (χ3n) is 4.61. The maximum atomic E-state index is 11.3. The van der Waals surface area contributed by atoms with Crippen molar-refractivity contribution < 1.29 is 4.79 Å². The molecular formula is C16H26N2OS. The molecule has 3 atom stereocenters. The van der Waals surface area contributed by atoms with Gasteiger partial charge in [0, 0.05) is 13.1 Å². The Kier molecular flexibility index (Phi) is 5.19. The van der Waals surface area contributed by atoms with Gasteiger partial charge in [-0.25, -0.2) is 4.98 Å². The molecule has 2 rings (SSSR count). The molecule has 20 heavy (non-hydrogen) atoms. The Morgan fingerprint density at radius 3 is 2.85 bits per heavy atom. The molecule has 1 aliphatic rings. The zero-order chi connectivity index (χ0) is 14.7. The normalized spacial score (nSPS) is 24.4. The van der Waals surface area contributed by atoms with E-state index in [-0.39, 0.29) is 0 Å². The van der Waals surface area contributed by atoms with E-state index in [1.54, 1.807) is 11.3 Å². The average Bonchev–Trinajstić information content (AvgIpc) is 2.89. The number of carbonyl (C=O) groups is 1. The quantitative estimate of drug-likeness (QED) is 0.750. The van der Waals surface area contributed by atoms with Crippen LogP contribution in [0.25, 0.3) is 0 Å². The molecule has 0 radical (unpaired) electrons. The Morgan fingerprint density at radius 1 is 1.50 bits per heavy atom. The second kappa shape index (κ2) is 6.70. The maximum Gasteiger partial charge on any atom is 0.186 e. The van der Waals surface area contributed by atoms with Crippen molar-refractivity contribution in [3.8, 4) is 0 Å². The van der Waals surface area contributed by atoms with Crippen molar-refractivity contribution in [1.82, 2.24) is 4.98 Å². The van der Waals surface area contributed by atoms with E-state index in [1.807, 2.05) is 0 Å². The van der Waals surface area contributed by atoms with Crippen molar-refractivity contribution in [2.45, 2.75) is 64.8 Å². The monoisotopic (exact) mass is 294 g/mol. The van der Waals surface area contributed by atoms with Crippen LogP contribution >= 0.6 is 11.3 Å². The van der Waals surface area contributed by atoms with Crippen LogP contribution in [0.2, 0.25) is 0 Å². The van der Waals surface area contributed by atoms with Gasteiger partial charge < -0.3 is 4.90 Å². The minimum atomic E-state index is 0.360. The first-order chi connectivity index (χ1) is 9.56. The third kappa shape index (κ3) is 3.22. The van der Waals surface area contributed by atoms with E-state index in [9.17, 15) is 4.79 Å². The number of anilines is 1. The molecule has 0 saturated heterocycles. The molecule has 112 valence electrons. The lowest BCUT2D eigenvalue weighted by atomic mass is 9.86. The molecule has 1 aliphatic carbocycles. The summed E-state index contributed by atoms with van der Waals surface area (Å²) in [6.07, 6.45) is 7.13. The van der Waals surface area contributed by atoms with Gasteiger partial charge in [0.1, 0.15) is 0 Å². The highest BCUT2D eigenvalue weighted by molar-refractivity contribution is 7.17. The smallest absolute Gasteiger partial charge is 0.186 e. The number of aldehydes is 1. The summed E-state index contributed by atoms with van der Waals surface area (Å²) in [5.41, 5.74) is 0.984. The van der Waals surface area contributed by atoms with E-state index in [0.29, 0.717) is 12.0 Å². The van der Waals surface area contributed by atoms with Crippen LogP contribution in [0.4, 0.5) is 5.13 Å². The zero-order valence-electron chi connectivity index (χ0n) is 13.1. The topological polar surface area (TPSA) is 33.2 Å². The number of aromatic nitrogens is 1. The van der Waals surface area contributed by atoms with E-state index in [1.165, 1.54) is 25.7 Å². The van der Waals surface area contributed by atoms with Crippen LogP contribution in [-0.4, -0.2) is 24.4 Å². The zero-order valence-corrected chi connectivity index (χ0v) is 13.9. The summed E-state index contributed by atoms with van der Waals surface area (Å²) in [6.45, 7) is 6.63. The second-order valence-electron chi connectivity index (χ2n) is 6.21. The predicted molar refractivity (Wildman–Crippen MR) is 86.0 cm³/mol. The van der Waals surface area contributed by atoms with Crippen molar-refractivity contribution >= 4 is 22.8 Å². The van der Waals surface area contributed by atoms with E-state index in [0.717, 1.165) is 34.3 Å². The van der Waals surface area contributed by atoms with Crippen molar-refractivity contribution in [2.24, 2.45) is 5.92 Å². The van der Waals surface area contributed by atoms with Gasteiger partial charge in [-0.3, -0.25) is 4.79 Å². The number of hydrogen-bond donors (Lipinski definition) is 0. The van der Waals surface area contributed by atoms with Crippen LogP contribution in [0.3, 0.4) is 0 Å². The van der Waals surface area contributed by atoms with Crippen LogP contribution in [0, 0.1) is 5.92 Å². The number of hydrogen-bond acceptors (Lipinski definition) is 4. The first kappa shape index (κ1) is 15.5. The Hall–Kier alpha value is -0.900. The summed E-state index contributed by atoms with van der Waals surface area (Å²) in [6, 6.07) is 0.578. The number of nitrogens with zero attached hydrogens (tertiary/aromatic N) is 2. The Labute approximate surface area is 126 Å². The van der Waals surface area contributed by atoms with Crippen molar-refractivity contribution in [1.29, 1.82) is 0 Å². The van der Waals surface area contributed by atoms with E-state index in [2.05, 4.69) is 32.7 Å². The Morgan fingerprint density at radius 2 is 2.25 bits per heavy atom. The first-order valence-electron chi connectivity index (χ1n) is 7.75. The molecular weight excluding hydrogens is 268 g/mol. The number of carbonyl (C=O) groups excluding carboxylic acids is 1. The van der Waals surface area contributed by atoms with Gasteiger partial charge in [-0.15, -0.1) is 0 Å². The lowest BCUT2D eigenvalue weighted by Gasteiger charge is -2.34. The lowest BCUT2D eigenvalue weighted by molar-refractivity contribution is 0.112. The Balaban J connectivity index is 2.19. The van der Waals surface area contributed by atoms with Crippen molar-refractivity contribution in [2.75, 3.05) is 11.9 Å². The second-order valence-corrected chi connectivity index (χ2v) is 7.22. The molecule has 0 bridgehead atoms. The van der Waals surface area contributed by atoms with Gasteiger partial charge in [0.25, 0.3) is 0 Å². The minimum absolute atomic E-state index is 0.360. The fourth-order valence-corrected chi connectivity index (χ4v) is 4.06. The predicted octanol–water partition coefficient (Wildman–Crippen LogP) is 4.48. The largest absolute Gasteiger partial charge is 0.348 e. The van der Waals surface area contributed by atoms with Crippen LogP contribution < -0.4 is 4.90 Å². The molecule has 0 spiro atoms. The van der Waals surface area contributed by atoms with Gasteiger partial charge in [0.05, 0.1) is 10.6 Å². The molecule has 3 nitrogen and oxygen atoms in total. The molecule has 1 aromatic rings. The van der Waals surface area contributed by atoms with Crippen molar-refractivity contribution in [3.63, 3.8) is 0 Å². The van der Waals surface area contributed by atoms with Crippen molar-refractivity contribution in [3.05, 3.63) is 10.6 Å². The van der Waals surface area contributed by atoms with Gasteiger partial charge >= 0.3 is 0 Å². The average molecular weight is 294 g/mol. The summed E-state index contributed by atoms with van der Waals surface area (Å²) in [5, 5.41) is 1.02. The highest BCUT2D eigenvalue weighted by atomic mass is 32.1. The van der Waals surface area contributed by atoms with Crippen LogP contribution in [0.1, 0.15) is 74.2 Å². The van der Waals surface area contributed by atoms with E-state index >= 15 is 0 Å². The van der Waals surface area contributed by atoms with Crippen LogP contribution in [0.15, 0.2) is 0 Å². The Bertz CT molecular complexity index is 457. The molecule has 0 aliphatic heterocycles. The summed E-state index contributed by atoms with van der Waals surface area (Å²) in [7, 11) is 2.14. The molecule has 0 aromatic carbocycles. The number of rotatable bonds is 5. The summed E-state index contributed by atoms with van der Waals surface area (Å²) >= 11 is 1.55. The van der Waals surface area contributed by atoms with Crippen LogP contribution in [0.5, 0.6) is 0 Å². The third-order valence-corrected chi connectivity index (χ3v) is 5.70. The van der Waals surface area contributed by atoms with Gasteiger partial charge in [0.2, 0.25) is 0 Å².